The largest absolute Gasteiger partial charge is 0.479 e. The van der Waals surface area contributed by atoms with Crippen LogP contribution < -0.4 is 25.0 Å². The molecule has 2 N–H and O–H groups in total. The third-order valence-corrected chi connectivity index (χ3v) is 7.53. The van der Waals surface area contributed by atoms with Crippen molar-refractivity contribution in [1.82, 2.24) is 15.0 Å². The summed E-state index contributed by atoms with van der Waals surface area (Å²) in [6, 6.07) is 8.65. The molecule has 13 heteroatoms. The molecule has 40 heavy (non-hydrogen) atoms. The maximum Gasteiger partial charge on any atom is 0.257 e. The predicted molar refractivity (Wildman–Crippen MR) is 150 cm³/mol. The number of hydrogen-bond acceptors (Lipinski definition) is 11. The quantitative estimate of drug-likeness (QED) is 0.432. The van der Waals surface area contributed by atoms with Crippen LogP contribution in [0.4, 0.5) is 23.0 Å². The van der Waals surface area contributed by atoms with Gasteiger partial charge < -0.3 is 29.7 Å². The highest BCUT2D eigenvalue weighted by molar-refractivity contribution is 7.90. The number of ether oxygens (including phenoxy) is 3. The molecule has 1 atom stereocenters. The zero-order valence-electron chi connectivity index (χ0n) is 23.0. The minimum atomic E-state index is -3.66. The number of anilines is 4. The molecule has 0 aliphatic carbocycles. The third kappa shape index (κ3) is 5.94. The van der Waals surface area contributed by atoms with Crippen LogP contribution in [0.3, 0.4) is 0 Å². The van der Waals surface area contributed by atoms with Crippen LogP contribution in [-0.2, 0) is 19.4 Å². The van der Waals surface area contributed by atoms with Crippen molar-refractivity contribution in [1.29, 1.82) is 0 Å². The Morgan fingerprint density at radius 2 is 1.98 bits per heavy atom. The number of rotatable bonds is 7. The van der Waals surface area contributed by atoms with Gasteiger partial charge in [0, 0.05) is 51.2 Å². The van der Waals surface area contributed by atoms with Crippen molar-refractivity contribution >= 4 is 38.8 Å². The normalized spacial score (nSPS) is 17.9. The number of sulfone groups is 1. The molecule has 3 aromatic rings. The van der Waals surface area contributed by atoms with E-state index in [4.69, 9.17) is 14.2 Å². The molecule has 2 aliphatic rings. The molecule has 5 heterocycles. The highest BCUT2D eigenvalue weighted by Gasteiger charge is 2.30. The van der Waals surface area contributed by atoms with Gasteiger partial charge in [0.1, 0.15) is 23.8 Å². The molecular weight excluding hydrogens is 536 g/mol. The lowest BCUT2D eigenvalue weighted by Crippen LogP contribution is -2.39. The smallest absolute Gasteiger partial charge is 0.257 e. The van der Waals surface area contributed by atoms with E-state index < -0.39 is 15.4 Å². The van der Waals surface area contributed by atoms with Crippen molar-refractivity contribution in [2.24, 2.45) is 0 Å². The molecule has 1 fully saturated rings. The van der Waals surface area contributed by atoms with Crippen molar-refractivity contribution in [3.05, 3.63) is 36.5 Å². The summed E-state index contributed by atoms with van der Waals surface area (Å²) in [6.07, 6.45) is 3.53. The number of aromatic nitrogens is 3. The number of methoxy groups -OCH3 is 1. The van der Waals surface area contributed by atoms with E-state index in [1.54, 1.807) is 43.6 Å². The second-order valence-electron chi connectivity index (χ2n) is 10.5. The van der Waals surface area contributed by atoms with Gasteiger partial charge in [0.05, 0.1) is 23.2 Å². The number of nitrogens with one attached hydrogen (secondary N) is 2. The SMILES string of the molecule is CO[C@H]1CCN(c2ccc(Nc3cc(NC(C)=O)ncc3-c3ccc4c(n3)OCC(C)(C)O4)nc2S(C)(=O)=O)C1. The molecule has 1 amide bonds. The van der Waals surface area contributed by atoms with E-state index >= 15 is 0 Å². The van der Waals surface area contributed by atoms with Crippen molar-refractivity contribution in [3.63, 3.8) is 0 Å². The van der Waals surface area contributed by atoms with Crippen molar-refractivity contribution < 1.29 is 27.4 Å². The van der Waals surface area contributed by atoms with Gasteiger partial charge in [-0.3, -0.25) is 4.79 Å². The molecule has 12 nitrogen and oxygen atoms in total. The predicted octanol–water partition coefficient (Wildman–Crippen LogP) is 3.42. The fraction of sp³-hybridized carbons (Fsp3) is 0.407. The van der Waals surface area contributed by atoms with Crippen LogP contribution in [0.2, 0.25) is 0 Å². The zero-order chi connectivity index (χ0) is 28.7. The molecule has 0 bridgehead atoms. The Kier molecular flexibility index (Phi) is 7.27. The van der Waals surface area contributed by atoms with E-state index in [0.717, 1.165) is 12.7 Å². The second-order valence-corrected chi connectivity index (χ2v) is 12.4. The Hall–Kier alpha value is -3.97. The van der Waals surface area contributed by atoms with Gasteiger partial charge in [0.25, 0.3) is 5.88 Å². The summed E-state index contributed by atoms with van der Waals surface area (Å²) < 4.78 is 42.8. The molecule has 0 aromatic carbocycles. The third-order valence-electron chi connectivity index (χ3n) is 6.53. The van der Waals surface area contributed by atoms with Gasteiger partial charge in [-0.05, 0) is 44.5 Å². The Labute approximate surface area is 233 Å². The van der Waals surface area contributed by atoms with Gasteiger partial charge in [0.15, 0.2) is 20.6 Å². The first-order valence-corrected chi connectivity index (χ1v) is 14.7. The summed E-state index contributed by atoms with van der Waals surface area (Å²) in [5.74, 6) is 1.21. The fourth-order valence-corrected chi connectivity index (χ4v) is 5.47. The number of fused-ring (bicyclic) bond motifs is 1. The first kappa shape index (κ1) is 27.6. The number of hydrogen-bond donors (Lipinski definition) is 2. The summed E-state index contributed by atoms with van der Waals surface area (Å²) in [4.78, 5) is 27.1. The molecule has 3 aromatic heterocycles. The highest BCUT2D eigenvalue weighted by atomic mass is 32.2. The highest BCUT2D eigenvalue weighted by Crippen LogP contribution is 2.38. The zero-order valence-corrected chi connectivity index (χ0v) is 23.8. The summed E-state index contributed by atoms with van der Waals surface area (Å²) >= 11 is 0. The van der Waals surface area contributed by atoms with Crippen LogP contribution in [0.1, 0.15) is 27.2 Å². The van der Waals surface area contributed by atoms with Crippen LogP contribution in [0, 0.1) is 0 Å². The molecule has 1 saturated heterocycles. The topological polar surface area (TPSA) is 145 Å². The van der Waals surface area contributed by atoms with Crippen LogP contribution in [-0.4, -0.2) is 74.0 Å². The second kappa shape index (κ2) is 10.5. The van der Waals surface area contributed by atoms with Crippen LogP contribution >= 0.6 is 0 Å². The Morgan fingerprint density at radius 3 is 2.67 bits per heavy atom. The van der Waals surface area contributed by atoms with Crippen LogP contribution in [0.25, 0.3) is 11.3 Å². The lowest BCUT2D eigenvalue weighted by atomic mass is 10.1. The molecule has 0 unspecified atom stereocenters. The van der Waals surface area contributed by atoms with E-state index in [0.29, 0.717) is 65.6 Å². The number of carbonyl (C=O) groups excluding carboxylic acids is 1. The fourth-order valence-electron chi connectivity index (χ4n) is 4.63. The van der Waals surface area contributed by atoms with Crippen molar-refractivity contribution in [2.45, 2.75) is 43.9 Å². The number of pyridine rings is 3. The number of nitrogens with zero attached hydrogens (tertiary/aromatic N) is 4. The molecule has 2 aliphatic heterocycles. The Balaban J connectivity index is 1.53. The Morgan fingerprint density at radius 1 is 1.18 bits per heavy atom. The van der Waals surface area contributed by atoms with Crippen molar-refractivity contribution in [2.75, 3.05) is 48.6 Å². The van der Waals surface area contributed by atoms with Gasteiger partial charge in [-0.25, -0.2) is 23.4 Å². The molecule has 212 valence electrons. The average molecular weight is 569 g/mol. The minimum absolute atomic E-state index is 0.0290. The Bertz CT molecular complexity index is 1560. The van der Waals surface area contributed by atoms with Crippen LogP contribution in [0.5, 0.6) is 11.6 Å². The summed E-state index contributed by atoms with van der Waals surface area (Å²) in [7, 11) is -2.01. The van der Waals surface area contributed by atoms with Crippen molar-refractivity contribution in [3.8, 4) is 22.9 Å². The number of carbonyl (C=O) groups is 1. The van der Waals surface area contributed by atoms with E-state index in [9.17, 15) is 13.2 Å². The maximum absolute atomic E-state index is 12.8. The maximum atomic E-state index is 12.8. The van der Waals surface area contributed by atoms with Gasteiger partial charge >= 0.3 is 0 Å². The summed E-state index contributed by atoms with van der Waals surface area (Å²) in [6.45, 7) is 6.83. The molecular formula is C27H32N6O6S. The first-order valence-electron chi connectivity index (χ1n) is 12.8. The average Bonchev–Trinajstić information content (AvgIpc) is 3.37. The van der Waals surface area contributed by atoms with Gasteiger partial charge in [0.2, 0.25) is 5.91 Å². The van der Waals surface area contributed by atoms with Crippen LogP contribution in [0.15, 0.2) is 41.6 Å². The van der Waals surface area contributed by atoms with Gasteiger partial charge in [-0.15, -0.1) is 0 Å². The number of amides is 1. The minimum Gasteiger partial charge on any atom is -0.479 e. The van der Waals surface area contributed by atoms with E-state index in [1.165, 1.54) is 6.92 Å². The van der Waals surface area contributed by atoms with E-state index in [-0.39, 0.29) is 17.0 Å². The molecule has 0 radical (unpaired) electrons. The lowest BCUT2D eigenvalue weighted by molar-refractivity contribution is -0.114. The van der Waals surface area contributed by atoms with Gasteiger partial charge in [-0.1, -0.05) is 0 Å². The standard InChI is InChI=1S/C27H32N6O6S/c1-16(34)29-24-12-20(18(13-28-24)19-6-8-22-25(31-19)38-15-27(2,3)39-22)30-23-9-7-21(26(32-23)40(5,35)36)33-11-10-17(14-33)37-4/h6-9,12-13,17H,10-11,14-15H2,1-5H3,(H2,28,29,30,32,34)/t17-/m0/s1. The monoisotopic (exact) mass is 568 g/mol. The molecule has 0 saturated carbocycles. The molecule has 0 spiro atoms. The van der Waals surface area contributed by atoms with E-state index in [2.05, 4.69) is 25.6 Å². The van der Waals surface area contributed by atoms with E-state index in [1.807, 2.05) is 18.7 Å². The van der Waals surface area contributed by atoms with Gasteiger partial charge in [-0.2, -0.15) is 0 Å². The lowest BCUT2D eigenvalue weighted by Gasteiger charge is -2.31. The molecule has 5 rings (SSSR count). The first-order chi connectivity index (χ1) is 18.9. The summed E-state index contributed by atoms with van der Waals surface area (Å²) in [5.41, 5.74) is 1.68. The summed E-state index contributed by atoms with van der Waals surface area (Å²) in [5, 5.41) is 5.84.